The zero-order valence-electron chi connectivity index (χ0n) is 13.1. The SMILES string of the molecule is CCOCCCNC(=NC)NCCc1csc(CC)n1.I. The van der Waals surface area contributed by atoms with Crippen molar-refractivity contribution in [2.45, 2.75) is 33.1 Å². The third-order valence-electron chi connectivity index (χ3n) is 2.76. The monoisotopic (exact) mass is 426 g/mol. The second-order valence-electron chi connectivity index (χ2n) is 4.31. The Hall–Kier alpha value is -0.410. The number of aryl methyl sites for hydroxylation is 1. The molecule has 0 atom stereocenters. The maximum Gasteiger partial charge on any atom is 0.190 e. The molecule has 0 unspecified atom stereocenters. The lowest BCUT2D eigenvalue weighted by molar-refractivity contribution is 0.145. The second kappa shape index (κ2) is 13.3. The molecule has 0 saturated carbocycles. The smallest absolute Gasteiger partial charge is 0.190 e. The molecule has 0 aliphatic carbocycles. The molecule has 1 aromatic rings. The van der Waals surface area contributed by atoms with Crippen LogP contribution in [-0.4, -0.2) is 44.3 Å². The van der Waals surface area contributed by atoms with Gasteiger partial charge in [-0.05, 0) is 19.8 Å². The zero-order chi connectivity index (χ0) is 14.6. The second-order valence-corrected chi connectivity index (χ2v) is 5.26. The van der Waals surface area contributed by atoms with Crippen LogP contribution >= 0.6 is 35.3 Å². The lowest BCUT2D eigenvalue weighted by Crippen LogP contribution is -2.39. The number of aromatic nitrogens is 1. The summed E-state index contributed by atoms with van der Waals surface area (Å²) in [7, 11) is 1.79. The van der Waals surface area contributed by atoms with E-state index < -0.39 is 0 Å². The summed E-state index contributed by atoms with van der Waals surface area (Å²) in [6.45, 7) is 7.43. The molecule has 2 N–H and O–H groups in total. The van der Waals surface area contributed by atoms with E-state index in [2.05, 4.69) is 32.9 Å². The Balaban J connectivity index is 0.00000400. The van der Waals surface area contributed by atoms with E-state index in [4.69, 9.17) is 4.74 Å². The standard InChI is InChI=1S/C14H26N4OS.HI/c1-4-13-18-12(11-20-13)7-9-17-14(15-3)16-8-6-10-19-5-2;/h11H,4-10H2,1-3H3,(H2,15,16,17);1H. The van der Waals surface area contributed by atoms with Crippen molar-refractivity contribution in [2.75, 3.05) is 33.4 Å². The quantitative estimate of drug-likeness (QED) is 0.276. The molecule has 1 rings (SSSR count). The maximum atomic E-state index is 5.29. The Morgan fingerprint density at radius 1 is 1.33 bits per heavy atom. The Kier molecular flexibility index (Phi) is 13.0. The summed E-state index contributed by atoms with van der Waals surface area (Å²) in [5.74, 6) is 0.840. The number of aliphatic imine (C=N–C) groups is 1. The molecule has 1 heterocycles. The molecule has 21 heavy (non-hydrogen) atoms. The average Bonchev–Trinajstić information content (AvgIpc) is 2.93. The highest BCUT2D eigenvalue weighted by molar-refractivity contribution is 14.0. The number of hydrogen-bond acceptors (Lipinski definition) is 4. The first-order chi connectivity index (χ1) is 9.80. The molecule has 5 nitrogen and oxygen atoms in total. The molecule has 1 aromatic heterocycles. The number of thiazole rings is 1. The summed E-state index contributed by atoms with van der Waals surface area (Å²) < 4.78 is 5.29. The molecule has 0 amide bonds. The van der Waals surface area contributed by atoms with Crippen molar-refractivity contribution in [3.05, 3.63) is 16.1 Å². The van der Waals surface area contributed by atoms with E-state index in [1.54, 1.807) is 18.4 Å². The average molecular weight is 426 g/mol. The fraction of sp³-hybridized carbons (Fsp3) is 0.714. The van der Waals surface area contributed by atoms with E-state index in [1.165, 1.54) is 5.01 Å². The fourth-order valence-corrected chi connectivity index (χ4v) is 2.46. The highest BCUT2D eigenvalue weighted by atomic mass is 127. The van der Waals surface area contributed by atoms with Crippen molar-refractivity contribution in [3.63, 3.8) is 0 Å². The molecule has 0 aliphatic heterocycles. The molecule has 0 fully saturated rings. The van der Waals surface area contributed by atoms with Crippen molar-refractivity contribution in [1.29, 1.82) is 0 Å². The van der Waals surface area contributed by atoms with Crippen LogP contribution in [0, 0.1) is 0 Å². The van der Waals surface area contributed by atoms with E-state index in [1.807, 2.05) is 6.92 Å². The summed E-state index contributed by atoms with van der Waals surface area (Å²) in [5.41, 5.74) is 1.16. The van der Waals surface area contributed by atoms with Crippen molar-refractivity contribution >= 4 is 41.3 Å². The molecule has 0 aromatic carbocycles. The van der Waals surface area contributed by atoms with Crippen LogP contribution in [0.25, 0.3) is 0 Å². The minimum Gasteiger partial charge on any atom is -0.382 e. The third-order valence-corrected chi connectivity index (χ3v) is 3.80. The topological polar surface area (TPSA) is 58.5 Å². The summed E-state index contributed by atoms with van der Waals surface area (Å²) >= 11 is 1.74. The van der Waals surface area contributed by atoms with Crippen LogP contribution in [0.2, 0.25) is 0 Å². The first-order valence-electron chi connectivity index (χ1n) is 7.25. The van der Waals surface area contributed by atoms with Gasteiger partial charge >= 0.3 is 0 Å². The molecule has 7 heteroatoms. The Morgan fingerprint density at radius 3 is 2.71 bits per heavy atom. The van der Waals surface area contributed by atoms with Gasteiger partial charge in [0.05, 0.1) is 10.7 Å². The molecule has 0 radical (unpaired) electrons. The number of ether oxygens (including phenoxy) is 1. The highest BCUT2D eigenvalue weighted by Crippen LogP contribution is 2.09. The predicted octanol–water partition coefficient (Wildman–Crippen LogP) is 2.46. The zero-order valence-corrected chi connectivity index (χ0v) is 16.3. The normalized spacial score (nSPS) is 11.1. The van der Waals surface area contributed by atoms with Gasteiger partial charge in [-0.1, -0.05) is 6.92 Å². The molecule has 0 spiro atoms. The summed E-state index contributed by atoms with van der Waals surface area (Å²) in [5, 5.41) is 9.92. The van der Waals surface area contributed by atoms with E-state index in [0.29, 0.717) is 0 Å². The number of guanidine groups is 1. The van der Waals surface area contributed by atoms with E-state index in [9.17, 15) is 0 Å². The summed E-state index contributed by atoms with van der Waals surface area (Å²) in [6.07, 6.45) is 2.93. The highest BCUT2D eigenvalue weighted by Gasteiger charge is 2.01. The van der Waals surface area contributed by atoms with Crippen LogP contribution in [0.4, 0.5) is 0 Å². The lowest BCUT2D eigenvalue weighted by Gasteiger charge is -2.11. The van der Waals surface area contributed by atoms with E-state index in [-0.39, 0.29) is 24.0 Å². The van der Waals surface area contributed by atoms with Gasteiger partial charge in [0, 0.05) is 45.2 Å². The van der Waals surface area contributed by atoms with Gasteiger partial charge in [0.15, 0.2) is 5.96 Å². The largest absolute Gasteiger partial charge is 0.382 e. The van der Waals surface area contributed by atoms with Crippen LogP contribution < -0.4 is 10.6 Å². The number of halogens is 1. The van der Waals surface area contributed by atoms with Crippen LogP contribution in [0.1, 0.15) is 31.0 Å². The maximum absolute atomic E-state index is 5.29. The Bertz CT molecular complexity index is 398. The number of hydrogen-bond donors (Lipinski definition) is 2. The molecule has 0 bridgehead atoms. The van der Waals surface area contributed by atoms with Crippen LogP contribution in [0.5, 0.6) is 0 Å². The van der Waals surface area contributed by atoms with Gasteiger partial charge < -0.3 is 15.4 Å². The third kappa shape index (κ3) is 9.26. The van der Waals surface area contributed by atoms with Crippen molar-refractivity contribution in [1.82, 2.24) is 15.6 Å². The van der Waals surface area contributed by atoms with Crippen molar-refractivity contribution in [2.24, 2.45) is 4.99 Å². The van der Waals surface area contributed by atoms with Gasteiger partial charge in [-0.3, -0.25) is 4.99 Å². The first kappa shape index (κ1) is 20.6. The minimum absolute atomic E-state index is 0. The van der Waals surface area contributed by atoms with Crippen LogP contribution in [-0.2, 0) is 17.6 Å². The summed E-state index contributed by atoms with van der Waals surface area (Å²) in [6, 6.07) is 0. The van der Waals surface area contributed by atoms with Gasteiger partial charge in [-0.2, -0.15) is 0 Å². The van der Waals surface area contributed by atoms with E-state index in [0.717, 1.165) is 57.2 Å². The van der Waals surface area contributed by atoms with Crippen LogP contribution in [0.3, 0.4) is 0 Å². The number of nitrogens with zero attached hydrogens (tertiary/aromatic N) is 2. The molecule has 0 saturated heterocycles. The van der Waals surface area contributed by atoms with Gasteiger partial charge in [-0.15, -0.1) is 35.3 Å². The molecular formula is C14H27IN4OS. The van der Waals surface area contributed by atoms with Crippen molar-refractivity contribution in [3.8, 4) is 0 Å². The van der Waals surface area contributed by atoms with Crippen LogP contribution in [0.15, 0.2) is 10.4 Å². The van der Waals surface area contributed by atoms with Gasteiger partial charge in [0.1, 0.15) is 0 Å². The van der Waals surface area contributed by atoms with Crippen molar-refractivity contribution < 1.29 is 4.74 Å². The van der Waals surface area contributed by atoms with Gasteiger partial charge in [0.25, 0.3) is 0 Å². The Morgan fingerprint density at radius 2 is 2.10 bits per heavy atom. The summed E-state index contributed by atoms with van der Waals surface area (Å²) in [4.78, 5) is 8.74. The first-order valence-corrected chi connectivity index (χ1v) is 8.13. The number of nitrogens with one attached hydrogen (secondary N) is 2. The Labute approximate surface area is 149 Å². The molecule has 0 aliphatic rings. The van der Waals surface area contributed by atoms with Gasteiger partial charge in [-0.25, -0.2) is 4.98 Å². The predicted molar refractivity (Wildman–Crippen MR) is 101 cm³/mol. The molecular weight excluding hydrogens is 399 g/mol. The fourth-order valence-electron chi connectivity index (χ4n) is 1.68. The number of rotatable bonds is 9. The molecule has 122 valence electrons. The van der Waals surface area contributed by atoms with E-state index >= 15 is 0 Å². The van der Waals surface area contributed by atoms with Gasteiger partial charge in [0.2, 0.25) is 0 Å². The minimum atomic E-state index is 0. The lowest BCUT2D eigenvalue weighted by atomic mass is 10.3.